The van der Waals surface area contributed by atoms with E-state index in [4.69, 9.17) is 23.2 Å². The number of piperidine rings is 1. The predicted molar refractivity (Wildman–Crippen MR) is 102 cm³/mol. The van der Waals surface area contributed by atoms with Gasteiger partial charge in [-0.25, -0.2) is 0 Å². The molecule has 1 amide bonds. The van der Waals surface area contributed by atoms with E-state index in [1.54, 1.807) is 17.0 Å². The second kappa shape index (κ2) is 7.50. The van der Waals surface area contributed by atoms with Crippen molar-refractivity contribution in [3.05, 3.63) is 63.5 Å². The van der Waals surface area contributed by atoms with Crippen LogP contribution < -0.4 is 0 Å². The number of amides is 1. The predicted octanol–water partition coefficient (Wildman–Crippen LogP) is 5.07. The van der Waals surface area contributed by atoms with E-state index in [2.05, 4.69) is 10.2 Å². The summed E-state index contributed by atoms with van der Waals surface area (Å²) in [6, 6.07) is 6.94. The zero-order valence-electron chi connectivity index (χ0n) is 15.0. The molecule has 29 heavy (non-hydrogen) atoms. The lowest BCUT2D eigenvalue weighted by Gasteiger charge is -2.32. The molecule has 1 fully saturated rings. The first kappa shape index (κ1) is 20.0. The quantitative estimate of drug-likeness (QED) is 0.556. The van der Waals surface area contributed by atoms with Crippen LogP contribution in [0.15, 0.2) is 36.5 Å². The molecule has 152 valence electrons. The number of alkyl halides is 3. The van der Waals surface area contributed by atoms with Crippen molar-refractivity contribution in [1.82, 2.24) is 19.5 Å². The Hall–Kier alpha value is -2.32. The third-order valence-electron chi connectivity index (χ3n) is 5.00. The maximum atomic E-state index is 13.1. The number of halogens is 5. The topological polar surface area (TPSA) is 50.5 Å². The van der Waals surface area contributed by atoms with Crippen LogP contribution in [0.25, 0.3) is 5.65 Å². The monoisotopic (exact) mass is 442 g/mol. The molecule has 0 unspecified atom stereocenters. The van der Waals surface area contributed by atoms with Crippen LogP contribution in [0.4, 0.5) is 13.2 Å². The molecule has 5 nitrogen and oxygen atoms in total. The molecule has 0 N–H and O–H groups in total. The molecular formula is C19H15Cl2F3N4O. The Morgan fingerprint density at radius 2 is 1.90 bits per heavy atom. The molecule has 4 rings (SSSR count). The van der Waals surface area contributed by atoms with E-state index < -0.39 is 11.7 Å². The van der Waals surface area contributed by atoms with E-state index in [1.807, 2.05) is 0 Å². The highest BCUT2D eigenvalue weighted by Crippen LogP contribution is 2.32. The minimum absolute atomic E-state index is 0.210. The van der Waals surface area contributed by atoms with Crippen molar-refractivity contribution < 1.29 is 18.0 Å². The summed E-state index contributed by atoms with van der Waals surface area (Å²) in [5.74, 6) is -0.0234. The number of rotatable bonds is 2. The van der Waals surface area contributed by atoms with Crippen molar-refractivity contribution in [3.63, 3.8) is 0 Å². The minimum Gasteiger partial charge on any atom is -0.338 e. The Kier molecular flexibility index (Phi) is 5.16. The maximum Gasteiger partial charge on any atom is 0.417 e. The summed E-state index contributed by atoms with van der Waals surface area (Å²) in [4.78, 5) is 14.5. The van der Waals surface area contributed by atoms with Crippen molar-refractivity contribution in [1.29, 1.82) is 0 Å². The molecule has 0 radical (unpaired) electrons. The fraction of sp³-hybridized carbons (Fsp3) is 0.316. The van der Waals surface area contributed by atoms with E-state index in [0.717, 1.165) is 12.3 Å². The van der Waals surface area contributed by atoms with E-state index in [9.17, 15) is 18.0 Å². The van der Waals surface area contributed by atoms with Crippen LogP contribution in [0, 0.1) is 0 Å². The van der Waals surface area contributed by atoms with Crippen molar-refractivity contribution in [2.45, 2.75) is 24.9 Å². The summed E-state index contributed by atoms with van der Waals surface area (Å²) in [6.07, 6.45) is -2.06. The number of nitrogens with zero attached hydrogens (tertiary/aromatic N) is 4. The van der Waals surface area contributed by atoms with Gasteiger partial charge in [-0.1, -0.05) is 23.2 Å². The summed E-state index contributed by atoms with van der Waals surface area (Å²) in [7, 11) is 0. The van der Waals surface area contributed by atoms with Crippen LogP contribution in [-0.2, 0) is 6.18 Å². The molecule has 10 heteroatoms. The average molecular weight is 443 g/mol. The highest BCUT2D eigenvalue weighted by Gasteiger charge is 2.33. The third-order valence-corrected chi connectivity index (χ3v) is 5.74. The molecular weight excluding hydrogens is 428 g/mol. The summed E-state index contributed by atoms with van der Waals surface area (Å²) < 4.78 is 40.6. The van der Waals surface area contributed by atoms with E-state index in [-0.39, 0.29) is 16.8 Å². The zero-order valence-corrected chi connectivity index (χ0v) is 16.5. The first-order valence-electron chi connectivity index (χ1n) is 8.90. The van der Waals surface area contributed by atoms with Crippen LogP contribution >= 0.6 is 23.2 Å². The lowest BCUT2D eigenvalue weighted by molar-refractivity contribution is -0.137. The van der Waals surface area contributed by atoms with Gasteiger partial charge in [0.25, 0.3) is 5.91 Å². The van der Waals surface area contributed by atoms with Crippen LogP contribution in [0.3, 0.4) is 0 Å². The van der Waals surface area contributed by atoms with Gasteiger partial charge in [0.1, 0.15) is 5.82 Å². The SMILES string of the molecule is O=C(c1ccc(Cl)c(Cl)c1)N1CCC[C@@H](c2nnc3ccc(C(F)(F)F)cn23)C1. The Balaban J connectivity index is 1.61. The number of carbonyl (C=O) groups excluding carboxylic acids is 1. The number of aromatic nitrogens is 3. The minimum atomic E-state index is -4.46. The fourth-order valence-electron chi connectivity index (χ4n) is 3.54. The van der Waals surface area contributed by atoms with Crippen LogP contribution in [0.1, 0.15) is 40.5 Å². The molecule has 1 aliphatic rings. The number of hydrogen-bond acceptors (Lipinski definition) is 3. The zero-order chi connectivity index (χ0) is 20.8. The van der Waals surface area contributed by atoms with Gasteiger partial charge in [0.15, 0.2) is 5.65 Å². The largest absolute Gasteiger partial charge is 0.417 e. The van der Waals surface area contributed by atoms with Crippen LogP contribution in [0.5, 0.6) is 0 Å². The van der Waals surface area contributed by atoms with Gasteiger partial charge in [-0.3, -0.25) is 9.20 Å². The smallest absolute Gasteiger partial charge is 0.338 e. The highest BCUT2D eigenvalue weighted by molar-refractivity contribution is 6.42. The normalized spacial score (nSPS) is 17.7. The average Bonchev–Trinajstić information content (AvgIpc) is 3.12. The number of hydrogen-bond donors (Lipinski definition) is 0. The Morgan fingerprint density at radius 3 is 2.62 bits per heavy atom. The standard InChI is InChI=1S/C19H15Cl2F3N4O/c20-14-5-3-11(8-15(14)21)18(29)27-7-1-2-12(9-27)17-26-25-16-6-4-13(10-28(16)17)19(22,23)24/h3-6,8,10,12H,1-2,7,9H2/t12-/m1/s1. The van der Waals surface area contributed by atoms with Gasteiger partial charge in [0.2, 0.25) is 0 Å². The first-order valence-corrected chi connectivity index (χ1v) is 9.66. The maximum absolute atomic E-state index is 13.1. The fourth-order valence-corrected chi connectivity index (χ4v) is 3.84. The van der Waals surface area contributed by atoms with Gasteiger partial charge in [-0.05, 0) is 43.2 Å². The highest BCUT2D eigenvalue weighted by atomic mass is 35.5. The van der Waals surface area contributed by atoms with Crippen molar-refractivity contribution in [2.24, 2.45) is 0 Å². The number of pyridine rings is 1. The Morgan fingerprint density at radius 1 is 1.10 bits per heavy atom. The molecule has 3 aromatic rings. The lowest BCUT2D eigenvalue weighted by Crippen LogP contribution is -2.39. The van der Waals surface area contributed by atoms with Crippen molar-refractivity contribution >= 4 is 34.8 Å². The van der Waals surface area contributed by atoms with Crippen LogP contribution in [-0.4, -0.2) is 38.5 Å². The van der Waals surface area contributed by atoms with Gasteiger partial charge in [-0.2, -0.15) is 13.2 Å². The van der Waals surface area contributed by atoms with Gasteiger partial charge < -0.3 is 4.90 Å². The molecule has 0 spiro atoms. The molecule has 3 heterocycles. The number of likely N-dealkylation sites (tertiary alicyclic amines) is 1. The molecule has 2 aromatic heterocycles. The first-order chi connectivity index (χ1) is 13.7. The molecule has 0 saturated carbocycles. The Labute approximate surface area is 174 Å². The van der Waals surface area contributed by atoms with Gasteiger partial charge >= 0.3 is 6.18 Å². The van der Waals surface area contributed by atoms with Gasteiger partial charge in [0.05, 0.1) is 15.6 Å². The molecule has 0 bridgehead atoms. The molecule has 1 aliphatic heterocycles. The molecule has 0 aliphatic carbocycles. The second-order valence-electron chi connectivity index (χ2n) is 6.92. The number of benzene rings is 1. The third kappa shape index (κ3) is 3.91. The number of fused-ring (bicyclic) bond motifs is 1. The van der Waals surface area contributed by atoms with Crippen molar-refractivity contribution in [3.8, 4) is 0 Å². The van der Waals surface area contributed by atoms with Gasteiger partial charge in [0, 0.05) is 30.8 Å². The van der Waals surface area contributed by atoms with Gasteiger partial charge in [-0.15, -0.1) is 10.2 Å². The molecule has 1 atom stereocenters. The summed E-state index contributed by atoms with van der Waals surface area (Å²) in [5.41, 5.74) is -0.0305. The summed E-state index contributed by atoms with van der Waals surface area (Å²) in [6.45, 7) is 0.871. The summed E-state index contributed by atoms with van der Waals surface area (Å²) in [5, 5.41) is 8.72. The second-order valence-corrected chi connectivity index (χ2v) is 7.74. The number of carbonyl (C=O) groups is 1. The Bertz CT molecular complexity index is 1080. The molecule has 1 saturated heterocycles. The summed E-state index contributed by atoms with van der Waals surface area (Å²) >= 11 is 11.9. The lowest BCUT2D eigenvalue weighted by atomic mass is 9.96. The van der Waals surface area contributed by atoms with Crippen molar-refractivity contribution in [2.75, 3.05) is 13.1 Å². The van der Waals surface area contributed by atoms with Crippen LogP contribution in [0.2, 0.25) is 10.0 Å². The van der Waals surface area contributed by atoms with E-state index >= 15 is 0 Å². The van der Waals surface area contributed by atoms with E-state index in [0.29, 0.717) is 48.0 Å². The van der Waals surface area contributed by atoms with E-state index in [1.165, 1.54) is 16.5 Å². The molecule has 1 aromatic carbocycles.